The number of nitrogens with one attached hydrogen (secondary N) is 2. The van der Waals surface area contributed by atoms with Crippen LogP contribution >= 0.6 is 15.9 Å². The van der Waals surface area contributed by atoms with Gasteiger partial charge in [-0.25, -0.2) is 13.8 Å². The van der Waals surface area contributed by atoms with Gasteiger partial charge >= 0.3 is 10.2 Å². The van der Waals surface area contributed by atoms with Gasteiger partial charge in [0.1, 0.15) is 17.6 Å². The summed E-state index contributed by atoms with van der Waals surface area (Å²) in [6.45, 7) is -0.180. The van der Waals surface area contributed by atoms with Gasteiger partial charge in [0.15, 0.2) is 5.78 Å². The third-order valence-corrected chi connectivity index (χ3v) is 6.57. The molecule has 2 aromatic heterocycles. The number of anilines is 1. The van der Waals surface area contributed by atoms with Crippen LogP contribution in [0.3, 0.4) is 0 Å². The van der Waals surface area contributed by atoms with Gasteiger partial charge in [0.05, 0.1) is 11.3 Å². The van der Waals surface area contributed by atoms with Crippen molar-refractivity contribution in [1.82, 2.24) is 14.3 Å². The third-order valence-electron chi connectivity index (χ3n) is 4.63. The minimum atomic E-state index is -4.01. The van der Waals surface area contributed by atoms with Gasteiger partial charge in [-0.15, -0.1) is 0 Å². The van der Waals surface area contributed by atoms with Gasteiger partial charge < -0.3 is 4.98 Å². The standard InChI is InChI=1S/C18H15BrF2N4O3S/c19-10-5-13-15(8-23-18(13)22-7-10)17(26)14-6-12(1-2-16(14)21)24-29(27,28)25-4-3-11(20)9-25/h1-2,5-8,11,24H,3-4,9H2,(H,22,23). The lowest BCUT2D eigenvalue weighted by Gasteiger charge is -2.17. The summed E-state index contributed by atoms with van der Waals surface area (Å²) < 4.78 is 56.4. The lowest BCUT2D eigenvalue weighted by Crippen LogP contribution is -2.34. The van der Waals surface area contributed by atoms with Crippen molar-refractivity contribution in [3.05, 3.63) is 58.1 Å². The number of carbonyl (C=O) groups is 1. The molecule has 2 N–H and O–H groups in total. The van der Waals surface area contributed by atoms with Crippen LogP contribution in [0.1, 0.15) is 22.3 Å². The number of aromatic nitrogens is 2. The van der Waals surface area contributed by atoms with E-state index < -0.39 is 28.0 Å². The molecular weight excluding hydrogens is 470 g/mol. The van der Waals surface area contributed by atoms with Crippen LogP contribution in [-0.2, 0) is 10.2 Å². The van der Waals surface area contributed by atoms with E-state index in [-0.39, 0.29) is 36.3 Å². The second kappa shape index (κ2) is 7.47. The van der Waals surface area contributed by atoms with Crippen molar-refractivity contribution in [1.29, 1.82) is 0 Å². The smallest absolute Gasteiger partial charge is 0.301 e. The zero-order chi connectivity index (χ0) is 20.8. The fourth-order valence-corrected chi connectivity index (χ4v) is 4.78. The SMILES string of the molecule is O=C(c1cc(NS(=O)(=O)N2CCC(F)C2)ccc1F)c1c[nH]c2ncc(Br)cc12. The summed E-state index contributed by atoms with van der Waals surface area (Å²) in [5.74, 6) is -1.42. The monoisotopic (exact) mass is 484 g/mol. The Morgan fingerprint density at radius 1 is 1.31 bits per heavy atom. The Morgan fingerprint density at radius 3 is 2.83 bits per heavy atom. The van der Waals surface area contributed by atoms with Crippen LogP contribution in [0.5, 0.6) is 0 Å². The molecule has 1 aliphatic heterocycles. The average Bonchev–Trinajstić information content (AvgIpc) is 3.29. The fraction of sp³-hybridized carbons (Fsp3) is 0.222. The Hall–Kier alpha value is -2.37. The average molecular weight is 485 g/mol. The number of halogens is 3. The molecule has 0 radical (unpaired) electrons. The number of benzene rings is 1. The zero-order valence-electron chi connectivity index (χ0n) is 14.8. The highest BCUT2D eigenvalue weighted by Crippen LogP contribution is 2.26. The molecule has 3 heterocycles. The number of H-pyrrole nitrogens is 1. The number of nitrogens with zero attached hydrogens (tertiary/aromatic N) is 2. The molecule has 4 rings (SSSR count). The number of pyridine rings is 1. The Morgan fingerprint density at radius 2 is 2.10 bits per heavy atom. The molecule has 1 atom stereocenters. The molecule has 1 aliphatic rings. The normalized spacial score (nSPS) is 17.7. The van der Waals surface area contributed by atoms with Gasteiger partial charge in [-0.1, -0.05) is 0 Å². The van der Waals surface area contributed by atoms with E-state index in [1.54, 1.807) is 12.3 Å². The Bertz CT molecular complexity index is 1220. The summed E-state index contributed by atoms with van der Waals surface area (Å²) in [6.07, 6.45) is 1.89. The Balaban J connectivity index is 1.66. The number of fused-ring (bicyclic) bond motifs is 1. The maximum Gasteiger partial charge on any atom is 0.301 e. The van der Waals surface area contributed by atoms with E-state index in [9.17, 15) is 22.0 Å². The number of rotatable bonds is 5. The van der Waals surface area contributed by atoms with Crippen molar-refractivity contribution in [3.63, 3.8) is 0 Å². The molecule has 0 saturated carbocycles. The molecule has 0 bridgehead atoms. The first kappa shape index (κ1) is 19.9. The molecule has 0 aliphatic carbocycles. The molecular formula is C18H15BrF2N4O3S. The third kappa shape index (κ3) is 3.89. The van der Waals surface area contributed by atoms with Crippen molar-refractivity contribution < 1.29 is 22.0 Å². The highest BCUT2D eigenvalue weighted by Gasteiger charge is 2.31. The first-order valence-corrected chi connectivity index (χ1v) is 10.9. The largest absolute Gasteiger partial charge is 0.345 e. The van der Waals surface area contributed by atoms with Gasteiger partial charge in [-0.3, -0.25) is 9.52 Å². The molecule has 1 aromatic carbocycles. The van der Waals surface area contributed by atoms with E-state index in [0.29, 0.717) is 15.5 Å². The second-order valence-electron chi connectivity index (χ2n) is 6.63. The number of carbonyl (C=O) groups excluding carboxylic acids is 1. The van der Waals surface area contributed by atoms with Crippen LogP contribution in [0.15, 0.2) is 41.1 Å². The van der Waals surface area contributed by atoms with Gasteiger partial charge in [0.2, 0.25) is 0 Å². The molecule has 3 aromatic rings. The van der Waals surface area contributed by atoms with Gasteiger partial charge in [0, 0.05) is 40.9 Å². The molecule has 152 valence electrons. The fourth-order valence-electron chi connectivity index (χ4n) is 3.19. The second-order valence-corrected chi connectivity index (χ2v) is 9.21. The molecule has 0 spiro atoms. The molecule has 1 unspecified atom stereocenters. The van der Waals surface area contributed by atoms with Gasteiger partial charge in [-0.2, -0.15) is 12.7 Å². The Kier molecular flexibility index (Phi) is 5.13. The first-order valence-electron chi connectivity index (χ1n) is 8.63. The highest BCUT2D eigenvalue weighted by atomic mass is 79.9. The molecule has 1 fully saturated rings. The highest BCUT2D eigenvalue weighted by molar-refractivity contribution is 9.10. The van der Waals surface area contributed by atoms with E-state index in [1.165, 1.54) is 12.3 Å². The molecule has 1 saturated heterocycles. The zero-order valence-corrected chi connectivity index (χ0v) is 17.2. The van der Waals surface area contributed by atoms with Gasteiger partial charge in [-0.05, 0) is 46.6 Å². The quantitative estimate of drug-likeness (QED) is 0.542. The molecule has 7 nitrogen and oxygen atoms in total. The predicted molar refractivity (Wildman–Crippen MR) is 107 cm³/mol. The molecule has 29 heavy (non-hydrogen) atoms. The summed E-state index contributed by atoms with van der Waals surface area (Å²) in [4.78, 5) is 19.9. The maximum absolute atomic E-state index is 14.4. The van der Waals surface area contributed by atoms with Crippen LogP contribution in [0.25, 0.3) is 11.0 Å². The predicted octanol–water partition coefficient (Wildman–Crippen LogP) is 3.40. The van der Waals surface area contributed by atoms with E-state index in [0.717, 1.165) is 16.4 Å². The topological polar surface area (TPSA) is 95.2 Å². The summed E-state index contributed by atoms with van der Waals surface area (Å²) in [5, 5.41) is 0.501. The van der Waals surface area contributed by atoms with E-state index in [4.69, 9.17) is 0 Å². The van der Waals surface area contributed by atoms with Crippen LogP contribution in [-0.4, -0.2) is 47.7 Å². The minimum absolute atomic E-state index is 0.0104. The number of hydrogen-bond acceptors (Lipinski definition) is 4. The lowest BCUT2D eigenvalue weighted by atomic mass is 10.0. The van der Waals surface area contributed by atoms with Crippen molar-refractivity contribution in [2.75, 3.05) is 17.8 Å². The number of ketones is 1. The van der Waals surface area contributed by atoms with Crippen LogP contribution in [0.2, 0.25) is 0 Å². The van der Waals surface area contributed by atoms with E-state index in [1.807, 2.05) is 0 Å². The van der Waals surface area contributed by atoms with Crippen LogP contribution in [0, 0.1) is 5.82 Å². The van der Waals surface area contributed by atoms with Crippen molar-refractivity contribution in [3.8, 4) is 0 Å². The number of alkyl halides is 1. The first-order chi connectivity index (χ1) is 13.7. The number of aromatic amines is 1. The van der Waals surface area contributed by atoms with E-state index in [2.05, 4.69) is 30.6 Å². The minimum Gasteiger partial charge on any atom is -0.345 e. The summed E-state index contributed by atoms with van der Waals surface area (Å²) in [6, 6.07) is 5.02. The van der Waals surface area contributed by atoms with E-state index >= 15 is 0 Å². The number of hydrogen-bond donors (Lipinski definition) is 2. The van der Waals surface area contributed by atoms with Crippen molar-refractivity contribution >= 4 is 48.6 Å². The maximum atomic E-state index is 14.4. The summed E-state index contributed by atoms with van der Waals surface area (Å²) in [7, 11) is -4.01. The van der Waals surface area contributed by atoms with Crippen LogP contribution in [0.4, 0.5) is 14.5 Å². The lowest BCUT2D eigenvalue weighted by molar-refractivity contribution is 0.103. The van der Waals surface area contributed by atoms with Crippen molar-refractivity contribution in [2.45, 2.75) is 12.6 Å². The van der Waals surface area contributed by atoms with Gasteiger partial charge in [0.25, 0.3) is 0 Å². The summed E-state index contributed by atoms with van der Waals surface area (Å²) in [5.41, 5.74) is 0.378. The molecule has 11 heteroatoms. The molecule has 0 amide bonds. The van der Waals surface area contributed by atoms with Crippen molar-refractivity contribution in [2.24, 2.45) is 0 Å². The Labute approximate surface area is 173 Å². The van der Waals surface area contributed by atoms with Crippen LogP contribution < -0.4 is 4.72 Å². The summed E-state index contributed by atoms with van der Waals surface area (Å²) >= 11 is 3.28.